The van der Waals surface area contributed by atoms with Gasteiger partial charge in [0.25, 0.3) is 5.91 Å². The molecule has 2 aliphatic heterocycles. The number of carbonyl (C=O) groups is 2. The van der Waals surface area contributed by atoms with Crippen LogP contribution in [0.1, 0.15) is 64.4 Å². The van der Waals surface area contributed by atoms with Crippen molar-refractivity contribution in [2.24, 2.45) is 0 Å². The molecule has 2 aliphatic rings. The molecule has 3 rings (SSSR count). The summed E-state index contributed by atoms with van der Waals surface area (Å²) < 4.78 is 17.8. The number of nitrogens with zero attached hydrogens (tertiary/aromatic N) is 2. The van der Waals surface area contributed by atoms with Crippen molar-refractivity contribution < 1.29 is 23.6 Å². The fourth-order valence-corrected chi connectivity index (χ4v) is 3.60. The van der Waals surface area contributed by atoms with E-state index in [0.29, 0.717) is 31.7 Å². The standard InChI is InChI=1S/C23H35BN2O5/c1-16-9-10-17(15-18(16)24-30-22(5,6)23(7,8)31-24)19(27)25-11-13-26(14-12-25)20(28)29-21(2,3)4/h9-10,15H,11-14H2,1-8H3. The first-order valence-electron chi connectivity index (χ1n) is 10.9. The molecule has 7 nitrogen and oxygen atoms in total. The van der Waals surface area contributed by atoms with Gasteiger partial charge in [0, 0.05) is 31.7 Å². The van der Waals surface area contributed by atoms with Gasteiger partial charge in [0.1, 0.15) is 5.60 Å². The molecule has 0 N–H and O–H groups in total. The second kappa shape index (κ2) is 8.13. The molecule has 31 heavy (non-hydrogen) atoms. The van der Waals surface area contributed by atoms with Crippen LogP contribution in [0.15, 0.2) is 18.2 Å². The third-order valence-electron chi connectivity index (χ3n) is 6.25. The highest BCUT2D eigenvalue weighted by Crippen LogP contribution is 2.36. The second-order valence-electron chi connectivity index (χ2n) is 10.4. The normalized spacial score (nSPS) is 20.7. The van der Waals surface area contributed by atoms with Gasteiger partial charge in [-0.3, -0.25) is 4.79 Å². The number of amides is 2. The van der Waals surface area contributed by atoms with E-state index in [2.05, 4.69) is 0 Å². The van der Waals surface area contributed by atoms with Crippen LogP contribution >= 0.6 is 0 Å². The van der Waals surface area contributed by atoms with Crippen LogP contribution in [0.4, 0.5) is 4.79 Å². The van der Waals surface area contributed by atoms with E-state index < -0.39 is 23.9 Å². The topological polar surface area (TPSA) is 68.3 Å². The van der Waals surface area contributed by atoms with Gasteiger partial charge in [-0.05, 0) is 73.0 Å². The van der Waals surface area contributed by atoms with Gasteiger partial charge in [0.15, 0.2) is 0 Å². The van der Waals surface area contributed by atoms with Gasteiger partial charge in [-0.25, -0.2) is 4.79 Å². The summed E-state index contributed by atoms with van der Waals surface area (Å²) in [7, 11) is -0.512. The fourth-order valence-electron chi connectivity index (χ4n) is 3.60. The molecular weight excluding hydrogens is 395 g/mol. The molecule has 0 spiro atoms. The monoisotopic (exact) mass is 430 g/mol. The molecule has 0 unspecified atom stereocenters. The summed E-state index contributed by atoms with van der Waals surface area (Å²) in [5.41, 5.74) is 1.07. The molecular formula is C23H35BN2O5. The lowest BCUT2D eigenvalue weighted by Crippen LogP contribution is -2.51. The summed E-state index contributed by atoms with van der Waals surface area (Å²) in [5, 5.41) is 0. The van der Waals surface area contributed by atoms with Crippen LogP contribution < -0.4 is 5.46 Å². The maximum Gasteiger partial charge on any atom is 0.495 e. The van der Waals surface area contributed by atoms with Crippen LogP contribution in [0, 0.1) is 6.92 Å². The average Bonchev–Trinajstić information content (AvgIpc) is 2.87. The van der Waals surface area contributed by atoms with Crippen molar-refractivity contribution in [3.8, 4) is 0 Å². The summed E-state index contributed by atoms with van der Waals surface area (Å²) in [6, 6.07) is 5.65. The van der Waals surface area contributed by atoms with E-state index in [1.54, 1.807) is 9.80 Å². The zero-order valence-corrected chi connectivity index (χ0v) is 20.1. The Morgan fingerprint density at radius 2 is 1.48 bits per heavy atom. The Balaban J connectivity index is 1.69. The molecule has 2 fully saturated rings. The number of hydrogen-bond donors (Lipinski definition) is 0. The summed E-state index contributed by atoms with van der Waals surface area (Å²) in [6.07, 6.45) is -0.335. The highest BCUT2D eigenvalue weighted by molar-refractivity contribution is 6.62. The molecule has 170 valence electrons. The van der Waals surface area contributed by atoms with Crippen molar-refractivity contribution in [3.63, 3.8) is 0 Å². The van der Waals surface area contributed by atoms with E-state index in [1.165, 1.54) is 0 Å². The first-order chi connectivity index (χ1) is 14.2. The molecule has 8 heteroatoms. The number of benzene rings is 1. The predicted molar refractivity (Wildman–Crippen MR) is 121 cm³/mol. The van der Waals surface area contributed by atoms with Gasteiger partial charge in [0.05, 0.1) is 11.2 Å². The van der Waals surface area contributed by atoms with E-state index in [4.69, 9.17) is 14.0 Å². The Hall–Kier alpha value is -2.06. The van der Waals surface area contributed by atoms with E-state index in [1.807, 2.05) is 73.6 Å². The number of hydrogen-bond acceptors (Lipinski definition) is 5. The lowest BCUT2D eigenvalue weighted by atomic mass is 9.75. The zero-order valence-electron chi connectivity index (χ0n) is 20.1. The second-order valence-corrected chi connectivity index (χ2v) is 10.4. The highest BCUT2D eigenvalue weighted by Gasteiger charge is 2.52. The maximum atomic E-state index is 13.1. The van der Waals surface area contributed by atoms with Crippen molar-refractivity contribution in [3.05, 3.63) is 29.3 Å². The number of aryl methyl sites for hydroxylation is 1. The molecule has 2 saturated heterocycles. The zero-order chi connectivity index (χ0) is 23.2. The molecule has 0 saturated carbocycles. The summed E-state index contributed by atoms with van der Waals surface area (Å²) >= 11 is 0. The summed E-state index contributed by atoms with van der Waals surface area (Å²) in [4.78, 5) is 28.8. The molecule has 0 aliphatic carbocycles. The third-order valence-corrected chi connectivity index (χ3v) is 6.25. The van der Waals surface area contributed by atoms with E-state index >= 15 is 0 Å². The molecule has 0 bridgehead atoms. The maximum absolute atomic E-state index is 13.1. The predicted octanol–water partition coefficient (Wildman–Crippen LogP) is 2.99. The number of ether oxygens (including phenoxy) is 1. The Kier molecular flexibility index (Phi) is 6.19. The van der Waals surface area contributed by atoms with Crippen molar-refractivity contribution in [1.29, 1.82) is 0 Å². The van der Waals surface area contributed by atoms with Crippen molar-refractivity contribution >= 4 is 24.6 Å². The van der Waals surface area contributed by atoms with Crippen LogP contribution in [-0.4, -0.2) is 71.9 Å². The number of rotatable bonds is 2. The van der Waals surface area contributed by atoms with Crippen molar-refractivity contribution in [2.45, 2.75) is 72.2 Å². The Labute approximate surface area is 186 Å². The Bertz CT molecular complexity index is 838. The smallest absolute Gasteiger partial charge is 0.444 e. The molecule has 2 heterocycles. The molecule has 0 radical (unpaired) electrons. The van der Waals surface area contributed by atoms with Gasteiger partial charge in [-0.2, -0.15) is 0 Å². The lowest BCUT2D eigenvalue weighted by Gasteiger charge is -2.35. The molecule has 0 aromatic heterocycles. The van der Waals surface area contributed by atoms with Crippen molar-refractivity contribution in [1.82, 2.24) is 9.80 Å². The number of piperazine rings is 1. The molecule has 1 aromatic carbocycles. The average molecular weight is 430 g/mol. The first kappa shape index (κ1) is 23.6. The van der Waals surface area contributed by atoms with E-state index in [-0.39, 0.29) is 12.0 Å². The summed E-state index contributed by atoms with van der Waals surface area (Å²) in [5.74, 6) is -0.0541. The number of carbonyl (C=O) groups excluding carboxylic acids is 2. The fraction of sp³-hybridized carbons (Fsp3) is 0.652. The highest BCUT2D eigenvalue weighted by atomic mass is 16.7. The quantitative estimate of drug-likeness (QED) is 0.675. The van der Waals surface area contributed by atoms with Gasteiger partial charge < -0.3 is 23.8 Å². The Morgan fingerprint density at radius 3 is 2.00 bits per heavy atom. The van der Waals surface area contributed by atoms with Crippen LogP contribution in [0.2, 0.25) is 0 Å². The van der Waals surface area contributed by atoms with Crippen LogP contribution in [0.25, 0.3) is 0 Å². The molecule has 0 atom stereocenters. The summed E-state index contributed by atoms with van der Waals surface area (Å²) in [6.45, 7) is 17.4. The van der Waals surface area contributed by atoms with Crippen molar-refractivity contribution in [2.75, 3.05) is 26.2 Å². The van der Waals surface area contributed by atoms with E-state index in [0.717, 1.165) is 11.0 Å². The Morgan fingerprint density at radius 1 is 0.968 bits per heavy atom. The first-order valence-corrected chi connectivity index (χ1v) is 10.9. The van der Waals surface area contributed by atoms with Gasteiger partial charge in [-0.15, -0.1) is 0 Å². The third kappa shape index (κ3) is 5.06. The van der Waals surface area contributed by atoms with E-state index in [9.17, 15) is 9.59 Å². The minimum absolute atomic E-state index is 0.0541. The van der Waals surface area contributed by atoms with Gasteiger partial charge in [0.2, 0.25) is 0 Å². The molecule has 2 amide bonds. The van der Waals surface area contributed by atoms with Crippen LogP contribution in [-0.2, 0) is 14.0 Å². The largest absolute Gasteiger partial charge is 0.495 e. The van der Waals surface area contributed by atoms with Crippen LogP contribution in [0.5, 0.6) is 0 Å². The van der Waals surface area contributed by atoms with Gasteiger partial charge in [-0.1, -0.05) is 11.6 Å². The SMILES string of the molecule is Cc1ccc(C(=O)N2CCN(C(=O)OC(C)(C)C)CC2)cc1B1OC(C)(C)C(C)(C)O1. The van der Waals surface area contributed by atoms with Gasteiger partial charge >= 0.3 is 13.2 Å². The lowest BCUT2D eigenvalue weighted by molar-refractivity contribution is 0.00578. The minimum Gasteiger partial charge on any atom is -0.444 e. The van der Waals surface area contributed by atoms with Crippen LogP contribution in [0.3, 0.4) is 0 Å². The minimum atomic E-state index is -0.532. The molecule has 1 aromatic rings.